The highest BCUT2D eigenvalue weighted by Gasteiger charge is 2.32. The van der Waals surface area contributed by atoms with Gasteiger partial charge in [0.15, 0.2) is 0 Å². The maximum Gasteiger partial charge on any atom is 0.257 e. The molecular weight excluding hydrogens is 395 g/mol. The molecule has 1 atom stereocenters. The first-order valence-electron chi connectivity index (χ1n) is 11.2. The van der Waals surface area contributed by atoms with Crippen molar-refractivity contribution in [2.24, 2.45) is 0 Å². The lowest BCUT2D eigenvalue weighted by Gasteiger charge is -2.33. The lowest BCUT2D eigenvalue weighted by molar-refractivity contribution is 0.0686. The Hall–Kier alpha value is -1.85. The molecule has 5 heteroatoms. The van der Waals surface area contributed by atoms with Gasteiger partial charge in [-0.3, -0.25) is 4.79 Å². The number of piperidine rings is 1. The van der Waals surface area contributed by atoms with E-state index in [9.17, 15) is 9.18 Å². The smallest absolute Gasteiger partial charge is 0.257 e. The Kier molecular flexibility index (Phi) is 7.11. The largest absolute Gasteiger partial charge is 0.334 e. The third kappa shape index (κ3) is 4.89. The van der Waals surface area contributed by atoms with Crippen LogP contribution in [0.2, 0.25) is 0 Å². The van der Waals surface area contributed by atoms with Crippen LogP contribution in [-0.2, 0) is 0 Å². The molecule has 2 saturated heterocycles. The van der Waals surface area contributed by atoms with Gasteiger partial charge in [-0.25, -0.2) is 4.39 Å². The standard InChI is InChI=1S/C25H31FN2OS/c1-2-30-22-11-8-19(9-12-22)20-10-13-23(24(26)17-20)25(29)28-16-6-7-21(28)18-27-14-4-3-5-15-27/h8-13,17,21H,2-7,14-16,18H2,1H3. The number of hydrogen-bond donors (Lipinski definition) is 0. The van der Waals surface area contributed by atoms with Crippen LogP contribution in [0, 0.1) is 5.82 Å². The molecule has 2 aliphatic heterocycles. The fraction of sp³-hybridized carbons (Fsp3) is 0.480. The molecular formula is C25H31FN2OS. The maximum atomic E-state index is 15.0. The van der Waals surface area contributed by atoms with E-state index in [1.54, 1.807) is 17.8 Å². The number of hydrogen-bond acceptors (Lipinski definition) is 3. The number of thioether (sulfide) groups is 1. The van der Waals surface area contributed by atoms with Crippen LogP contribution in [0.15, 0.2) is 47.4 Å². The third-order valence-electron chi connectivity index (χ3n) is 6.25. The number of amides is 1. The van der Waals surface area contributed by atoms with E-state index in [4.69, 9.17) is 0 Å². The Bertz CT molecular complexity index is 864. The van der Waals surface area contributed by atoms with Crippen molar-refractivity contribution in [1.29, 1.82) is 0 Å². The van der Waals surface area contributed by atoms with E-state index in [0.29, 0.717) is 0 Å². The summed E-state index contributed by atoms with van der Waals surface area (Å²) in [5.41, 5.74) is 1.98. The summed E-state index contributed by atoms with van der Waals surface area (Å²) in [6.45, 7) is 6.03. The second-order valence-electron chi connectivity index (χ2n) is 8.31. The highest BCUT2D eigenvalue weighted by Crippen LogP contribution is 2.28. The molecule has 0 spiro atoms. The third-order valence-corrected chi connectivity index (χ3v) is 7.15. The molecule has 0 aromatic heterocycles. The van der Waals surface area contributed by atoms with Crippen molar-refractivity contribution in [1.82, 2.24) is 9.80 Å². The van der Waals surface area contributed by atoms with Crippen LogP contribution in [-0.4, -0.2) is 53.7 Å². The predicted octanol–water partition coefficient (Wildman–Crippen LogP) is 5.70. The van der Waals surface area contributed by atoms with Crippen molar-refractivity contribution in [3.8, 4) is 11.1 Å². The van der Waals surface area contributed by atoms with Gasteiger partial charge in [0.25, 0.3) is 5.91 Å². The summed E-state index contributed by atoms with van der Waals surface area (Å²) in [4.78, 5) is 18.7. The molecule has 2 aromatic rings. The van der Waals surface area contributed by atoms with Crippen molar-refractivity contribution in [2.45, 2.75) is 50.0 Å². The molecule has 1 amide bonds. The van der Waals surface area contributed by atoms with E-state index in [1.165, 1.54) is 30.2 Å². The van der Waals surface area contributed by atoms with Crippen LogP contribution in [0.25, 0.3) is 11.1 Å². The van der Waals surface area contributed by atoms with Gasteiger partial charge in [0, 0.05) is 24.0 Å². The van der Waals surface area contributed by atoms with Gasteiger partial charge in [-0.15, -0.1) is 11.8 Å². The van der Waals surface area contributed by atoms with Crippen molar-refractivity contribution in [2.75, 3.05) is 31.9 Å². The summed E-state index contributed by atoms with van der Waals surface area (Å²) < 4.78 is 15.0. The molecule has 160 valence electrons. The summed E-state index contributed by atoms with van der Waals surface area (Å²) in [6, 6.07) is 13.4. The first kappa shape index (κ1) is 21.4. The van der Waals surface area contributed by atoms with Crippen molar-refractivity contribution in [3.05, 3.63) is 53.8 Å². The average Bonchev–Trinajstić information content (AvgIpc) is 3.23. The zero-order valence-corrected chi connectivity index (χ0v) is 18.6. The van der Waals surface area contributed by atoms with Gasteiger partial charge in [-0.2, -0.15) is 0 Å². The number of nitrogens with zero attached hydrogens (tertiary/aromatic N) is 2. The molecule has 1 unspecified atom stereocenters. The minimum atomic E-state index is -0.423. The molecule has 0 N–H and O–H groups in total. The SMILES string of the molecule is CCSc1ccc(-c2ccc(C(=O)N3CCCC3CN3CCCCC3)c(F)c2)cc1. The quantitative estimate of drug-likeness (QED) is 0.554. The first-order chi connectivity index (χ1) is 14.7. The Morgan fingerprint density at radius 1 is 1.00 bits per heavy atom. The number of rotatable bonds is 6. The summed E-state index contributed by atoms with van der Waals surface area (Å²) >= 11 is 1.79. The molecule has 0 aliphatic carbocycles. The van der Waals surface area contributed by atoms with E-state index in [0.717, 1.165) is 55.9 Å². The normalized spacial score (nSPS) is 19.9. The van der Waals surface area contributed by atoms with Crippen LogP contribution in [0.4, 0.5) is 4.39 Å². The molecule has 0 radical (unpaired) electrons. The van der Waals surface area contributed by atoms with Gasteiger partial charge in [-0.05, 0) is 79.9 Å². The minimum absolute atomic E-state index is 0.159. The summed E-state index contributed by atoms with van der Waals surface area (Å²) in [5, 5.41) is 0. The van der Waals surface area contributed by atoms with Gasteiger partial charge in [0.1, 0.15) is 5.82 Å². The van der Waals surface area contributed by atoms with Crippen molar-refractivity contribution >= 4 is 17.7 Å². The average molecular weight is 427 g/mol. The van der Waals surface area contributed by atoms with Crippen LogP contribution in [0.3, 0.4) is 0 Å². The zero-order valence-electron chi connectivity index (χ0n) is 17.8. The number of carbonyl (C=O) groups excluding carboxylic acids is 1. The lowest BCUT2D eigenvalue weighted by atomic mass is 10.0. The van der Waals surface area contributed by atoms with Crippen LogP contribution in [0.5, 0.6) is 0 Å². The molecule has 2 aromatic carbocycles. The number of likely N-dealkylation sites (tertiary alicyclic amines) is 2. The molecule has 0 bridgehead atoms. The van der Waals surface area contributed by atoms with Crippen LogP contribution >= 0.6 is 11.8 Å². The summed E-state index contributed by atoms with van der Waals surface area (Å²) in [6.07, 6.45) is 5.82. The maximum absolute atomic E-state index is 15.0. The Balaban J connectivity index is 1.47. The van der Waals surface area contributed by atoms with E-state index in [-0.39, 0.29) is 17.5 Å². The van der Waals surface area contributed by atoms with Gasteiger partial charge in [-0.1, -0.05) is 31.5 Å². The molecule has 2 fully saturated rings. The fourth-order valence-corrected chi connectivity index (χ4v) is 5.33. The Morgan fingerprint density at radius 2 is 1.73 bits per heavy atom. The van der Waals surface area contributed by atoms with Gasteiger partial charge < -0.3 is 9.80 Å². The van der Waals surface area contributed by atoms with Crippen molar-refractivity contribution in [3.63, 3.8) is 0 Å². The van der Waals surface area contributed by atoms with Crippen molar-refractivity contribution < 1.29 is 9.18 Å². The van der Waals surface area contributed by atoms with E-state index in [2.05, 4.69) is 24.0 Å². The molecule has 0 saturated carbocycles. The number of carbonyl (C=O) groups is 1. The second kappa shape index (κ2) is 9.97. The molecule has 2 heterocycles. The van der Waals surface area contributed by atoms with Gasteiger partial charge >= 0.3 is 0 Å². The van der Waals surface area contributed by atoms with E-state index >= 15 is 0 Å². The predicted molar refractivity (Wildman–Crippen MR) is 123 cm³/mol. The highest BCUT2D eigenvalue weighted by atomic mass is 32.2. The monoisotopic (exact) mass is 426 g/mol. The topological polar surface area (TPSA) is 23.6 Å². The highest BCUT2D eigenvalue weighted by molar-refractivity contribution is 7.99. The van der Waals surface area contributed by atoms with Crippen LogP contribution < -0.4 is 0 Å². The minimum Gasteiger partial charge on any atom is -0.334 e. The first-order valence-corrected chi connectivity index (χ1v) is 12.2. The summed E-state index contributed by atoms with van der Waals surface area (Å²) in [7, 11) is 0. The van der Waals surface area contributed by atoms with Gasteiger partial charge in [0.2, 0.25) is 0 Å². The van der Waals surface area contributed by atoms with E-state index < -0.39 is 5.82 Å². The molecule has 2 aliphatic rings. The molecule has 4 rings (SSSR count). The Morgan fingerprint density at radius 3 is 2.43 bits per heavy atom. The number of benzene rings is 2. The Labute approximate surface area is 183 Å². The fourth-order valence-electron chi connectivity index (χ4n) is 4.67. The lowest BCUT2D eigenvalue weighted by Crippen LogP contribution is -2.44. The zero-order chi connectivity index (χ0) is 20.9. The number of halogens is 1. The molecule has 3 nitrogen and oxygen atoms in total. The van der Waals surface area contributed by atoms with Gasteiger partial charge in [0.05, 0.1) is 5.56 Å². The van der Waals surface area contributed by atoms with E-state index in [1.807, 2.05) is 23.1 Å². The molecule has 30 heavy (non-hydrogen) atoms. The summed E-state index contributed by atoms with van der Waals surface area (Å²) in [5.74, 6) is 0.446. The van der Waals surface area contributed by atoms with Crippen LogP contribution in [0.1, 0.15) is 49.4 Å². The second-order valence-corrected chi connectivity index (χ2v) is 9.65.